The fraction of sp³-hybridized carbons (Fsp3) is 0.182. The molecule has 0 heterocycles. The average Bonchev–Trinajstić information content (AvgIpc) is 2.61. The first-order valence-corrected chi connectivity index (χ1v) is 8.17. The van der Waals surface area contributed by atoms with Crippen LogP contribution in [0, 0.1) is 5.82 Å². The predicted molar refractivity (Wildman–Crippen MR) is 95.2 cm³/mol. The molecule has 0 aromatic heterocycles. The van der Waals surface area contributed by atoms with Crippen molar-refractivity contribution in [1.29, 1.82) is 0 Å². The van der Waals surface area contributed by atoms with Gasteiger partial charge in [0.05, 0.1) is 0 Å². The largest absolute Gasteiger partial charge is 0.207 e. The summed E-state index contributed by atoms with van der Waals surface area (Å²) in [4.78, 5) is 0. The van der Waals surface area contributed by atoms with Crippen molar-refractivity contribution < 1.29 is 4.39 Å². The molecule has 3 aromatic carbocycles. The van der Waals surface area contributed by atoms with Gasteiger partial charge in [0, 0.05) is 0 Å². The van der Waals surface area contributed by atoms with Crippen LogP contribution in [-0.2, 0) is 12.8 Å². The van der Waals surface area contributed by atoms with E-state index < -0.39 is 0 Å². The van der Waals surface area contributed by atoms with Crippen LogP contribution >= 0.6 is 0 Å². The molecule has 1 aliphatic carbocycles. The topological polar surface area (TPSA) is 0 Å². The molecule has 0 spiro atoms. The number of hydrogen-bond donors (Lipinski definition) is 0. The fourth-order valence-corrected chi connectivity index (χ4v) is 3.78. The number of benzene rings is 3. The van der Waals surface area contributed by atoms with Crippen LogP contribution in [0.2, 0.25) is 0 Å². The molecule has 0 bridgehead atoms. The zero-order valence-electron chi connectivity index (χ0n) is 13.1. The maximum atomic E-state index is 13.1. The minimum Gasteiger partial charge on any atom is -0.207 e. The molecular weight excluding hydrogens is 283 g/mol. The molecule has 0 nitrogen and oxygen atoms in total. The molecule has 4 rings (SSSR count). The third kappa shape index (κ3) is 2.57. The summed E-state index contributed by atoms with van der Waals surface area (Å²) < 4.78 is 13.1. The molecule has 0 aliphatic heterocycles. The minimum absolute atomic E-state index is 0.158. The van der Waals surface area contributed by atoms with Crippen LogP contribution in [0.15, 0.2) is 61.2 Å². The Hall–Kier alpha value is -2.41. The summed E-state index contributed by atoms with van der Waals surface area (Å²) in [7, 11) is 0. The van der Waals surface area contributed by atoms with E-state index >= 15 is 0 Å². The van der Waals surface area contributed by atoms with Gasteiger partial charge in [-0.05, 0) is 76.4 Å². The van der Waals surface area contributed by atoms with Crippen molar-refractivity contribution in [2.75, 3.05) is 0 Å². The molecule has 0 amide bonds. The molecule has 23 heavy (non-hydrogen) atoms. The van der Waals surface area contributed by atoms with Crippen molar-refractivity contribution in [2.24, 2.45) is 0 Å². The predicted octanol–water partition coefficient (Wildman–Crippen LogP) is 5.89. The van der Waals surface area contributed by atoms with Crippen LogP contribution in [0.1, 0.15) is 34.6 Å². The van der Waals surface area contributed by atoms with Gasteiger partial charge in [-0.25, -0.2) is 4.39 Å². The summed E-state index contributed by atoms with van der Waals surface area (Å²) in [5, 5.41) is 2.66. The van der Waals surface area contributed by atoms with Gasteiger partial charge in [0.15, 0.2) is 0 Å². The molecule has 1 unspecified atom stereocenters. The normalized spacial score (nSPS) is 17.0. The number of hydrogen-bond acceptors (Lipinski definition) is 0. The molecule has 0 N–H and O–H groups in total. The van der Waals surface area contributed by atoms with Crippen LogP contribution in [0.3, 0.4) is 0 Å². The highest BCUT2D eigenvalue weighted by Gasteiger charge is 2.21. The van der Waals surface area contributed by atoms with Crippen LogP contribution < -0.4 is 0 Å². The molecule has 1 atom stereocenters. The number of fused-ring (bicyclic) bond motifs is 3. The third-order valence-corrected chi connectivity index (χ3v) is 5.04. The van der Waals surface area contributed by atoms with Crippen LogP contribution in [0.5, 0.6) is 0 Å². The summed E-state index contributed by atoms with van der Waals surface area (Å²) in [6, 6.07) is 18.1. The number of halogens is 1. The standard InChI is InChI=1S/C22H19F/c1-2-15-3-11-21-18(13-15)4-5-19-14-17(8-12-22(19)21)16-6-9-20(23)10-7-16/h2-7,9-11,13,17H,1,8,12,14H2. The van der Waals surface area contributed by atoms with E-state index in [0.717, 1.165) is 24.8 Å². The highest BCUT2D eigenvalue weighted by atomic mass is 19.1. The summed E-state index contributed by atoms with van der Waals surface area (Å²) in [6.07, 6.45) is 5.15. The Balaban J connectivity index is 1.71. The summed E-state index contributed by atoms with van der Waals surface area (Å²) in [5.41, 5.74) is 5.33. The van der Waals surface area contributed by atoms with Gasteiger partial charge in [-0.1, -0.05) is 49.1 Å². The Labute approximate surface area is 136 Å². The molecule has 0 saturated heterocycles. The summed E-state index contributed by atoms with van der Waals surface area (Å²) in [6.45, 7) is 3.85. The van der Waals surface area contributed by atoms with Gasteiger partial charge in [0.25, 0.3) is 0 Å². The Morgan fingerprint density at radius 1 is 1.00 bits per heavy atom. The maximum Gasteiger partial charge on any atom is 0.123 e. The third-order valence-electron chi connectivity index (χ3n) is 5.04. The molecule has 3 aromatic rings. The molecule has 1 heteroatoms. The van der Waals surface area contributed by atoms with E-state index in [1.807, 2.05) is 18.2 Å². The molecule has 1 aliphatic rings. The number of aryl methyl sites for hydroxylation is 1. The van der Waals surface area contributed by atoms with Gasteiger partial charge >= 0.3 is 0 Å². The molecule has 0 saturated carbocycles. The second-order valence-electron chi connectivity index (χ2n) is 6.38. The SMILES string of the molecule is C=Cc1ccc2c3c(ccc2c1)CC(c1ccc(F)cc1)CC3. The highest BCUT2D eigenvalue weighted by Crippen LogP contribution is 2.36. The van der Waals surface area contributed by atoms with Gasteiger partial charge in [0.1, 0.15) is 5.82 Å². The first-order chi connectivity index (χ1) is 11.2. The van der Waals surface area contributed by atoms with Crippen LogP contribution in [0.4, 0.5) is 4.39 Å². The maximum absolute atomic E-state index is 13.1. The van der Waals surface area contributed by atoms with Gasteiger partial charge in [-0.3, -0.25) is 0 Å². The summed E-state index contributed by atoms with van der Waals surface area (Å²) >= 11 is 0. The van der Waals surface area contributed by atoms with E-state index in [4.69, 9.17) is 0 Å². The Bertz CT molecular complexity index is 874. The van der Waals surface area contributed by atoms with Gasteiger partial charge in [-0.2, -0.15) is 0 Å². The lowest BCUT2D eigenvalue weighted by Crippen LogP contribution is -2.13. The van der Waals surface area contributed by atoms with E-state index in [1.165, 1.54) is 27.5 Å². The zero-order valence-corrected chi connectivity index (χ0v) is 13.1. The molecule has 114 valence electrons. The second-order valence-corrected chi connectivity index (χ2v) is 6.38. The van der Waals surface area contributed by atoms with Crippen molar-refractivity contribution in [1.82, 2.24) is 0 Å². The minimum atomic E-state index is -0.158. The van der Waals surface area contributed by atoms with Crippen molar-refractivity contribution in [2.45, 2.75) is 25.2 Å². The van der Waals surface area contributed by atoms with Crippen molar-refractivity contribution in [3.05, 3.63) is 89.2 Å². The highest BCUT2D eigenvalue weighted by molar-refractivity contribution is 5.88. The van der Waals surface area contributed by atoms with E-state index in [0.29, 0.717) is 5.92 Å². The van der Waals surface area contributed by atoms with Crippen LogP contribution in [-0.4, -0.2) is 0 Å². The first kappa shape index (κ1) is 14.2. The van der Waals surface area contributed by atoms with Gasteiger partial charge in [-0.15, -0.1) is 0 Å². The Morgan fingerprint density at radius 3 is 2.61 bits per heavy atom. The lowest BCUT2D eigenvalue weighted by Gasteiger charge is -2.26. The van der Waals surface area contributed by atoms with E-state index in [9.17, 15) is 4.39 Å². The van der Waals surface area contributed by atoms with E-state index in [2.05, 4.69) is 36.9 Å². The summed E-state index contributed by atoms with van der Waals surface area (Å²) in [5.74, 6) is 0.335. The average molecular weight is 302 g/mol. The van der Waals surface area contributed by atoms with Crippen molar-refractivity contribution in [3.63, 3.8) is 0 Å². The lowest BCUT2D eigenvalue weighted by atomic mass is 9.78. The molecule has 0 fully saturated rings. The lowest BCUT2D eigenvalue weighted by molar-refractivity contribution is 0.583. The van der Waals surface area contributed by atoms with Crippen molar-refractivity contribution in [3.8, 4) is 0 Å². The molecule has 0 radical (unpaired) electrons. The zero-order chi connectivity index (χ0) is 15.8. The first-order valence-electron chi connectivity index (χ1n) is 8.17. The quantitative estimate of drug-likeness (QED) is 0.553. The van der Waals surface area contributed by atoms with Gasteiger partial charge in [0.2, 0.25) is 0 Å². The van der Waals surface area contributed by atoms with Crippen LogP contribution in [0.25, 0.3) is 16.8 Å². The van der Waals surface area contributed by atoms with Gasteiger partial charge < -0.3 is 0 Å². The fourth-order valence-electron chi connectivity index (χ4n) is 3.78. The Morgan fingerprint density at radius 2 is 1.83 bits per heavy atom. The molecular formula is C22H19F. The second kappa shape index (κ2) is 5.66. The Kier molecular flexibility index (Phi) is 3.49. The van der Waals surface area contributed by atoms with E-state index in [1.54, 1.807) is 12.1 Å². The van der Waals surface area contributed by atoms with Crippen molar-refractivity contribution >= 4 is 16.8 Å². The number of rotatable bonds is 2. The monoisotopic (exact) mass is 302 g/mol. The smallest absolute Gasteiger partial charge is 0.123 e. The van der Waals surface area contributed by atoms with E-state index in [-0.39, 0.29) is 5.82 Å².